The summed E-state index contributed by atoms with van der Waals surface area (Å²) < 4.78 is 41.2. The molecule has 24 heavy (non-hydrogen) atoms. The van der Waals surface area contributed by atoms with Crippen LogP contribution in [0.4, 0.5) is 13.2 Å². The van der Waals surface area contributed by atoms with E-state index in [9.17, 15) is 13.2 Å². The number of alkyl halides is 3. The number of rotatable bonds is 3. The van der Waals surface area contributed by atoms with E-state index in [-0.39, 0.29) is 20.6 Å². The average Bonchev–Trinajstić information content (AvgIpc) is 2.46. The molecule has 0 fully saturated rings. The molecule has 0 N–H and O–H groups in total. The molecule has 0 aromatic heterocycles. The molecular weight excluding hydrogens is 447 g/mol. The molecule has 0 saturated carbocycles. The Morgan fingerprint density at radius 3 is 2.21 bits per heavy atom. The Balaban J connectivity index is 2.45. The first kappa shape index (κ1) is 19.6. The van der Waals surface area contributed by atoms with Crippen molar-refractivity contribution in [3.63, 3.8) is 0 Å². The second kappa shape index (κ2) is 7.69. The summed E-state index contributed by atoms with van der Waals surface area (Å²) in [6.07, 6.45) is -2.05. The predicted octanol–water partition coefficient (Wildman–Crippen LogP) is 8.08. The van der Waals surface area contributed by atoms with Crippen LogP contribution in [0.5, 0.6) is 0 Å². The highest BCUT2D eigenvalue weighted by molar-refractivity contribution is 9.10. The highest BCUT2D eigenvalue weighted by atomic mass is 79.9. The van der Waals surface area contributed by atoms with Gasteiger partial charge in [-0.15, -0.1) is 0 Å². The van der Waals surface area contributed by atoms with Gasteiger partial charge in [0, 0.05) is 9.50 Å². The van der Waals surface area contributed by atoms with Gasteiger partial charge in [0.25, 0.3) is 0 Å². The third-order valence-electron chi connectivity index (χ3n) is 3.40. The number of halogens is 7. The topological polar surface area (TPSA) is 0 Å². The van der Waals surface area contributed by atoms with E-state index in [2.05, 4.69) is 15.9 Å². The van der Waals surface area contributed by atoms with Gasteiger partial charge < -0.3 is 0 Å². The lowest BCUT2D eigenvalue weighted by Gasteiger charge is -2.19. The van der Waals surface area contributed by atoms with E-state index in [1.54, 1.807) is 12.1 Å². The summed E-state index contributed by atoms with van der Waals surface area (Å²) in [5.41, 5.74) is 1.49. The van der Waals surface area contributed by atoms with Crippen LogP contribution in [0.1, 0.15) is 22.6 Å². The summed E-state index contributed by atoms with van der Waals surface area (Å²) in [6, 6.07) is 7.67. The largest absolute Gasteiger partial charge is 0.399 e. The van der Waals surface area contributed by atoms with Crippen molar-refractivity contribution in [3.8, 4) is 0 Å². The van der Waals surface area contributed by atoms with Crippen LogP contribution < -0.4 is 0 Å². The zero-order valence-electron chi connectivity index (χ0n) is 12.3. The fourth-order valence-electron chi connectivity index (χ4n) is 2.09. The van der Waals surface area contributed by atoms with Gasteiger partial charge in [0.1, 0.15) is 0 Å². The van der Waals surface area contributed by atoms with Crippen LogP contribution in [-0.4, -0.2) is 6.18 Å². The van der Waals surface area contributed by atoms with Crippen molar-refractivity contribution in [1.29, 1.82) is 0 Å². The van der Waals surface area contributed by atoms with E-state index >= 15 is 0 Å². The lowest BCUT2D eigenvalue weighted by molar-refractivity contribution is -0.139. The number of hydrogen-bond acceptors (Lipinski definition) is 0. The fourth-order valence-corrected chi connectivity index (χ4v) is 3.15. The van der Waals surface area contributed by atoms with Crippen LogP contribution in [-0.2, 0) is 0 Å². The molecule has 0 heterocycles. The highest BCUT2D eigenvalue weighted by Crippen LogP contribution is 2.42. The molecule has 7 heteroatoms. The molecule has 2 aromatic carbocycles. The average molecular weight is 459 g/mol. The van der Waals surface area contributed by atoms with Crippen LogP contribution in [0.2, 0.25) is 15.1 Å². The SMILES string of the molecule is Cc1ccc(/C=C/C(c2cc(Cl)c(Cl)cc2Cl)C(F)(F)F)cc1Br. The molecule has 2 rings (SSSR count). The van der Waals surface area contributed by atoms with Crippen LogP contribution in [0.3, 0.4) is 0 Å². The first-order valence-electron chi connectivity index (χ1n) is 6.75. The lowest BCUT2D eigenvalue weighted by atomic mass is 9.97. The first-order chi connectivity index (χ1) is 11.1. The van der Waals surface area contributed by atoms with Crippen molar-refractivity contribution in [2.75, 3.05) is 0 Å². The Labute approximate surface area is 161 Å². The Hall–Kier alpha value is -0.680. The smallest absolute Gasteiger partial charge is 0.170 e. The Bertz CT molecular complexity index is 785. The molecular formula is C17H11BrCl3F3. The van der Waals surface area contributed by atoms with Gasteiger partial charge in [-0.2, -0.15) is 13.2 Å². The van der Waals surface area contributed by atoms with E-state index in [1.165, 1.54) is 12.1 Å². The van der Waals surface area contributed by atoms with Crippen molar-refractivity contribution in [1.82, 2.24) is 0 Å². The summed E-state index contributed by atoms with van der Waals surface area (Å²) in [6.45, 7) is 1.89. The molecule has 0 aliphatic carbocycles. The van der Waals surface area contributed by atoms with E-state index in [4.69, 9.17) is 34.8 Å². The summed E-state index contributed by atoms with van der Waals surface area (Å²) >= 11 is 20.9. The molecule has 0 aliphatic rings. The molecule has 0 amide bonds. The molecule has 128 valence electrons. The van der Waals surface area contributed by atoms with Crippen molar-refractivity contribution in [3.05, 3.63) is 72.6 Å². The molecule has 1 unspecified atom stereocenters. The van der Waals surface area contributed by atoms with Crippen molar-refractivity contribution >= 4 is 56.8 Å². The zero-order valence-corrected chi connectivity index (χ0v) is 16.1. The van der Waals surface area contributed by atoms with Crippen LogP contribution >= 0.6 is 50.7 Å². The molecule has 0 bridgehead atoms. The monoisotopic (exact) mass is 456 g/mol. The fraction of sp³-hybridized carbons (Fsp3) is 0.176. The second-order valence-electron chi connectivity index (χ2n) is 5.17. The predicted molar refractivity (Wildman–Crippen MR) is 98.2 cm³/mol. The van der Waals surface area contributed by atoms with Crippen LogP contribution in [0, 0.1) is 6.92 Å². The van der Waals surface area contributed by atoms with Crippen LogP contribution in [0.25, 0.3) is 6.08 Å². The summed E-state index contributed by atoms with van der Waals surface area (Å²) in [7, 11) is 0. The van der Waals surface area contributed by atoms with Gasteiger partial charge in [-0.1, -0.05) is 75.0 Å². The van der Waals surface area contributed by atoms with E-state index in [0.717, 1.165) is 22.2 Å². The van der Waals surface area contributed by atoms with E-state index in [0.29, 0.717) is 5.56 Å². The van der Waals surface area contributed by atoms with Gasteiger partial charge in [-0.05, 0) is 41.8 Å². The first-order valence-corrected chi connectivity index (χ1v) is 8.68. The zero-order chi connectivity index (χ0) is 18.1. The Morgan fingerprint density at radius 1 is 1.00 bits per heavy atom. The maximum atomic E-state index is 13.5. The maximum absolute atomic E-state index is 13.5. The van der Waals surface area contributed by atoms with Crippen molar-refractivity contribution in [2.45, 2.75) is 19.0 Å². The summed E-state index contributed by atoms with van der Waals surface area (Å²) in [4.78, 5) is 0. The minimum Gasteiger partial charge on any atom is -0.170 e. The molecule has 0 spiro atoms. The normalized spacial score (nSPS) is 13.5. The lowest BCUT2D eigenvalue weighted by Crippen LogP contribution is -2.19. The number of benzene rings is 2. The molecule has 2 aromatic rings. The summed E-state index contributed by atoms with van der Waals surface area (Å²) in [5, 5.41) is 0.0519. The second-order valence-corrected chi connectivity index (χ2v) is 7.25. The van der Waals surface area contributed by atoms with Crippen LogP contribution in [0.15, 0.2) is 40.9 Å². The molecule has 0 radical (unpaired) electrons. The number of allylic oxidation sites excluding steroid dienone is 1. The molecule has 0 aliphatic heterocycles. The number of aryl methyl sites for hydroxylation is 1. The van der Waals surface area contributed by atoms with Gasteiger partial charge in [0.15, 0.2) is 0 Å². The van der Waals surface area contributed by atoms with E-state index in [1.807, 2.05) is 13.0 Å². The van der Waals surface area contributed by atoms with Gasteiger partial charge in [-0.3, -0.25) is 0 Å². The van der Waals surface area contributed by atoms with E-state index < -0.39 is 12.1 Å². The Morgan fingerprint density at radius 2 is 1.62 bits per heavy atom. The third-order valence-corrected chi connectivity index (χ3v) is 5.31. The van der Waals surface area contributed by atoms with Gasteiger partial charge in [-0.25, -0.2) is 0 Å². The van der Waals surface area contributed by atoms with Crippen molar-refractivity contribution < 1.29 is 13.2 Å². The summed E-state index contributed by atoms with van der Waals surface area (Å²) in [5.74, 6) is -1.89. The van der Waals surface area contributed by atoms with Crippen molar-refractivity contribution in [2.24, 2.45) is 0 Å². The minimum absolute atomic E-state index is 0.0248. The molecule has 0 nitrogen and oxygen atoms in total. The molecule has 1 atom stereocenters. The third kappa shape index (κ3) is 4.69. The molecule has 0 saturated heterocycles. The van der Waals surface area contributed by atoms with Gasteiger partial charge in [0.05, 0.1) is 16.0 Å². The number of hydrogen-bond donors (Lipinski definition) is 0. The highest BCUT2D eigenvalue weighted by Gasteiger charge is 2.40. The van der Waals surface area contributed by atoms with Gasteiger partial charge in [0.2, 0.25) is 0 Å². The maximum Gasteiger partial charge on any atom is 0.399 e. The van der Waals surface area contributed by atoms with Gasteiger partial charge >= 0.3 is 6.18 Å². The minimum atomic E-state index is -4.51. The quantitative estimate of drug-likeness (QED) is 0.408. The standard InChI is InChI=1S/C17H11BrCl3F3/c1-9-2-3-10(6-13(9)18)4-5-12(17(22,23)24)11-7-15(20)16(21)8-14(11)19/h2-8,12H,1H3/b5-4+. The Kier molecular flexibility index (Phi) is 6.29.